The van der Waals surface area contributed by atoms with Crippen molar-refractivity contribution in [2.75, 3.05) is 13.2 Å². The second-order valence-electron chi connectivity index (χ2n) is 8.25. The van der Waals surface area contributed by atoms with Crippen molar-refractivity contribution in [1.29, 1.82) is 5.41 Å². The Morgan fingerprint density at radius 1 is 0.947 bits per heavy atom. The molecule has 0 fully saturated rings. The van der Waals surface area contributed by atoms with Crippen LogP contribution in [0, 0.1) is 5.41 Å². The standard InChI is InChI=1S/C28H33N3O7/c1-4-36-24(32)8-6-7-23(28(35)37-5-2)31-26(33)18(3)17-19-9-11-21(12-10-19)27(34)38-22-15-13-20(14-16-22)25(29)30/h9-17,23H,4-8H2,1-3H3,(H3,29,30)(H,31,33). The van der Waals surface area contributed by atoms with E-state index in [9.17, 15) is 19.2 Å². The first-order valence-corrected chi connectivity index (χ1v) is 12.2. The van der Waals surface area contributed by atoms with Crippen LogP contribution in [0.2, 0.25) is 0 Å². The lowest BCUT2D eigenvalue weighted by molar-refractivity contribution is -0.148. The van der Waals surface area contributed by atoms with Gasteiger partial charge in [0.1, 0.15) is 17.6 Å². The first-order chi connectivity index (χ1) is 18.1. The van der Waals surface area contributed by atoms with Gasteiger partial charge in [-0.15, -0.1) is 0 Å². The number of nitrogens with one attached hydrogen (secondary N) is 2. The molecule has 2 aromatic carbocycles. The van der Waals surface area contributed by atoms with Gasteiger partial charge in [0.15, 0.2) is 0 Å². The Morgan fingerprint density at radius 3 is 2.13 bits per heavy atom. The van der Waals surface area contributed by atoms with Gasteiger partial charge in [0, 0.05) is 17.6 Å². The number of rotatable bonds is 13. The number of carbonyl (C=O) groups is 4. The van der Waals surface area contributed by atoms with E-state index in [1.807, 2.05) is 0 Å². The molecule has 0 aliphatic rings. The summed E-state index contributed by atoms with van der Waals surface area (Å²) in [5.41, 5.74) is 7.25. The third-order valence-electron chi connectivity index (χ3n) is 5.32. The number of amidine groups is 1. The van der Waals surface area contributed by atoms with Crippen molar-refractivity contribution in [2.24, 2.45) is 5.73 Å². The Bertz CT molecular complexity index is 1170. The maximum atomic E-state index is 12.7. The van der Waals surface area contributed by atoms with Gasteiger partial charge in [0.2, 0.25) is 5.91 Å². The first kappa shape index (κ1) is 29.8. The van der Waals surface area contributed by atoms with Crippen LogP contribution in [0.5, 0.6) is 5.75 Å². The lowest BCUT2D eigenvalue weighted by Crippen LogP contribution is -2.42. The van der Waals surface area contributed by atoms with Gasteiger partial charge in [-0.1, -0.05) is 12.1 Å². The number of nitrogens with two attached hydrogens (primary N) is 1. The first-order valence-electron chi connectivity index (χ1n) is 12.2. The Hall–Kier alpha value is -4.47. The van der Waals surface area contributed by atoms with E-state index < -0.39 is 23.9 Å². The molecule has 2 aromatic rings. The zero-order valence-corrected chi connectivity index (χ0v) is 21.7. The topological polar surface area (TPSA) is 158 Å². The summed E-state index contributed by atoms with van der Waals surface area (Å²) in [4.78, 5) is 49.1. The van der Waals surface area contributed by atoms with Gasteiger partial charge in [0.25, 0.3) is 0 Å². The second-order valence-corrected chi connectivity index (χ2v) is 8.25. The predicted molar refractivity (Wildman–Crippen MR) is 142 cm³/mol. The highest BCUT2D eigenvalue weighted by Crippen LogP contribution is 2.16. The lowest BCUT2D eigenvalue weighted by Gasteiger charge is -2.17. The van der Waals surface area contributed by atoms with E-state index in [0.29, 0.717) is 34.4 Å². The summed E-state index contributed by atoms with van der Waals surface area (Å²) < 4.78 is 15.3. The lowest BCUT2D eigenvalue weighted by atomic mass is 10.1. The normalized spacial score (nSPS) is 11.7. The molecule has 1 atom stereocenters. The van der Waals surface area contributed by atoms with E-state index >= 15 is 0 Å². The molecule has 1 unspecified atom stereocenters. The third-order valence-corrected chi connectivity index (χ3v) is 5.32. The summed E-state index contributed by atoms with van der Waals surface area (Å²) in [7, 11) is 0. The number of amides is 1. The molecule has 4 N–H and O–H groups in total. The second kappa shape index (κ2) is 14.9. The number of hydrogen-bond donors (Lipinski definition) is 3. The quantitative estimate of drug-likeness (QED) is 0.119. The van der Waals surface area contributed by atoms with Crippen LogP contribution < -0.4 is 15.8 Å². The van der Waals surface area contributed by atoms with E-state index in [4.69, 9.17) is 25.4 Å². The zero-order chi connectivity index (χ0) is 28.1. The SMILES string of the molecule is CCOC(=O)CCCC(NC(=O)C(C)=Cc1ccc(C(=O)Oc2ccc(C(=N)N)cc2)cc1)C(=O)OCC. The average Bonchev–Trinajstić information content (AvgIpc) is 2.89. The van der Waals surface area contributed by atoms with Gasteiger partial charge >= 0.3 is 17.9 Å². The highest BCUT2D eigenvalue weighted by molar-refractivity contribution is 5.99. The van der Waals surface area contributed by atoms with E-state index in [1.54, 1.807) is 75.4 Å². The van der Waals surface area contributed by atoms with Gasteiger partial charge in [-0.25, -0.2) is 9.59 Å². The van der Waals surface area contributed by atoms with Gasteiger partial charge in [-0.2, -0.15) is 0 Å². The Balaban J connectivity index is 2.00. The fraction of sp³-hybridized carbons (Fsp3) is 0.321. The van der Waals surface area contributed by atoms with E-state index in [1.165, 1.54) is 0 Å². The summed E-state index contributed by atoms with van der Waals surface area (Å²) >= 11 is 0. The van der Waals surface area contributed by atoms with Crippen molar-refractivity contribution >= 4 is 35.7 Å². The van der Waals surface area contributed by atoms with Crippen molar-refractivity contribution in [2.45, 2.75) is 46.1 Å². The van der Waals surface area contributed by atoms with Crippen molar-refractivity contribution in [3.63, 3.8) is 0 Å². The minimum atomic E-state index is -0.901. The molecule has 0 spiro atoms. The fourth-order valence-electron chi connectivity index (χ4n) is 3.35. The molecule has 0 saturated carbocycles. The summed E-state index contributed by atoms with van der Waals surface area (Å²) in [5.74, 6) is -1.73. The largest absolute Gasteiger partial charge is 0.466 e. The van der Waals surface area contributed by atoms with Crippen LogP contribution >= 0.6 is 0 Å². The monoisotopic (exact) mass is 523 g/mol. The number of carbonyl (C=O) groups excluding carboxylic acids is 4. The molecule has 0 radical (unpaired) electrons. The van der Waals surface area contributed by atoms with E-state index in [0.717, 1.165) is 0 Å². The molecule has 2 rings (SSSR count). The van der Waals surface area contributed by atoms with E-state index in [2.05, 4.69) is 5.32 Å². The number of ether oxygens (including phenoxy) is 3. The summed E-state index contributed by atoms with van der Waals surface area (Å²) in [6.07, 6.45) is 2.33. The molecular formula is C28H33N3O7. The predicted octanol–water partition coefficient (Wildman–Crippen LogP) is 3.37. The molecule has 10 nitrogen and oxygen atoms in total. The van der Waals surface area contributed by atoms with Crippen molar-refractivity contribution in [1.82, 2.24) is 5.32 Å². The summed E-state index contributed by atoms with van der Waals surface area (Å²) in [6, 6.07) is 11.8. The van der Waals surface area contributed by atoms with Gasteiger partial charge in [0.05, 0.1) is 18.8 Å². The zero-order valence-electron chi connectivity index (χ0n) is 21.7. The molecule has 0 heterocycles. The van der Waals surface area contributed by atoms with Crippen LogP contribution in [0.25, 0.3) is 6.08 Å². The molecule has 10 heteroatoms. The van der Waals surface area contributed by atoms with Gasteiger partial charge < -0.3 is 25.3 Å². The minimum absolute atomic E-state index is 0.0825. The molecule has 0 aliphatic heterocycles. The number of benzene rings is 2. The number of esters is 3. The number of hydrogen-bond acceptors (Lipinski definition) is 8. The highest BCUT2D eigenvalue weighted by atomic mass is 16.5. The third kappa shape index (κ3) is 9.53. The van der Waals surface area contributed by atoms with Gasteiger partial charge in [-0.3, -0.25) is 15.0 Å². The molecule has 202 valence electrons. The van der Waals surface area contributed by atoms with Crippen LogP contribution in [0.4, 0.5) is 0 Å². The fourth-order valence-corrected chi connectivity index (χ4v) is 3.35. The summed E-state index contributed by atoms with van der Waals surface area (Å²) in [6.45, 7) is 5.42. The smallest absolute Gasteiger partial charge is 0.343 e. The highest BCUT2D eigenvalue weighted by Gasteiger charge is 2.23. The Labute approximate surface area is 221 Å². The average molecular weight is 524 g/mol. The van der Waals surface area contributed by atoms with Crippen molar-refractivity contribution < 1.29 is 33.4 Å². The maximum Gasteiger partial charge on any atom is 0.343 e. The molecule has 0 aromatic heterocycles. The van der Waals surface area contributed by atoms with Crippen LogP contribution in [0.15, 0.2) is 54.1 Å². The number of nitrogen functional groups attached to an aromatic ring is 1. The van der Waals surface area contributed by atoms with Crippen LogP contribution in [-0.4, -0.2) is 48.9 Å². The molecule has 0 aliphatic carbocycles. The van der Waals surface area contributed by atoms with Crippen molar-refractivity contribution in [3.05, 3.63) is 70.8 Å². The maximum absolute atomic E-state index is 12.7. The molecule has 0 bridgehead atoms. The summed E-state index contributed by atoms with van der Waals surface area (Å²) in [5, 5.41) is 10.1. The van der Waals surface area contributed by atoms with Crippen LogP contribution in [0.1, 0.15) is 61.5 Å². The van der Waals surface area contributed by atoms with E-state index in [-0.39, 0.29) is 37.9 Å². The van der Waals surface area contributed by atoms with Gasteiger partial charge in [-0.05, 0) is 81.7 Å². The Morgan fingerprint density at radius 2 is 1.55 bits per heavy atom. The van der Waals surface area contributed by atoms with Crippen LogP contribution in [-0.2, 0) is 23.9 Å². The molecule has 0 saturated heterocycles. The van der Waals surface area contributed by atoms with Crippen molar-refractivity contribution in [3.8, 4) is 5.75 Å². The minimum Gasteiger partial charge on any atom is -0.466 e. The van der Waals surface area contributed by atoms with Crippen LogP contribution in [0.3, 0.4) is 0 Å². The molecule has 1 amide bonds. The Kier molecular flexibility index (Phi) is 11.7. The molecule has 38 heavy (non-hydrogen) atoms. The molecular weight excluding hydrogens is 490 g/mol.